The lowest BCUT2D eigenvalue weighted by molar-refractivity contribution is -0.195. The molecule has 1 saturated heterocycles. The summed E-state index contributed by atoms with van der Waals surface area (Å²) >= 11 is 0. The number of carboxylic acid groups (broad SMARTS) is 1. The highest BCUT2D eigenvalue weighted by atomic mass is 16.5. The predicted octanol–water partition coefficient (Wildman–Crippen LogP) is 0.766. The third-order valence-electron chi connectivity index (χ3n) is 3.08. The molecule has 0 radical (unpaired) electrons. The Balaban J connectivity index is 2.00. The van der Waals surface area contributed by atoms with Gasteiger partial charge in [0.15, 0.2) is 0 Å². The molecule has 84 valence electrons. The maximum Gasteiger partial charge on any atom is 0.306 e. The normalized spacial score (nSPS) is 28.5. The van der Waals surface area contributed by atoms with Crippen LogP contribution in [0, 0.1) is 4.91 Å². The molecular formula is C9H14N2O4. The van der Waals surface area contributed by atoms with Crippen LogP contribution in [-0.4, -0.2) is 40.9 Å². The van der Waals surface area contributed by atoms with E-state index in [2.05, 4.69) is 5.29 Å². The van der Waals surface area contributed by atoms with Crippen LogP contribution in [0.2, 0.25) is 0 Å². The van der Waals surface area contributed by atoms with Gasteiger partial charge in [0.25, 0.3) is 0 Å². The molecule has 2 rings (SSSR count). The predicted molar refractivity (Wildman–Crippen MR) is 51.1 cm³/mol. The molecule has 0 aromatic carbocycles. The van der Waals surface area contributed by atoms with E-state index in [9.17, 15) is 9.70 Å². The largest absolute Gasteiger partial charge is 0.481 e. The molecule has 0 bridgehead atoms. The third kappa shape index (κ3) is 2.09. The maximum atomic E-state index is 10.6. The minimum absolute atomic E-state index is 0.0617. The van der Waals surface area contributed by atoms with Crippen molar-refractivity contribution in [2.75, 3.05) is 13.1 Å². The summed E-state index contributed by atoms with van der Waals surface area (Å²) in [6.45, 7) is 0.796. The summed E-state index contributed by atoms with van der Waals surface area (Å²) in [6, 6.07) is 0. The molecule has 1 heterocycles. The number of carbonyl (C=O) groups is 1. The van der Waals surface area contributed by atoms with Crippen LogP contribution >= 0.6 is 0 Å². The van der Waals surface area contributed by atoms with E-state index in [0.717, 1.165) is 19.3 Å². The number of morpholine rings is 1. The standard InChI is InChI=1S/C9H14N2O4/c12-8(13)4-7-5-11(10-14)6-9(15-7)2-1-3-9/h7H,1-6H2,(H,12,13). The number of nitroso groups, excluding NO2 is 1. The van der Waals surface area contributed by atoms with Crippen LogP contribution in [0.5, 0.6) is 0 Å². The number of rotatable bonds is 3. The van der Waals surface area contributed by atoms with Gasteiger partial charge in [-0.25, -0.2) is 0 Å². The lowest BCUT2D eigenvalue weighted by Gasteiger charge is -2.49. The average Bonchev–Trinajstić information content (AvgIpc) is 2.13. The first-order valence-corrected chi connectivity index (χ1v) is 5.11. The Bertz CT molecular complexity index is 277. The fraction of sp³-hybridized carbons (Fsp3) is 0.889. The molecule has 1 N–H and O–H groups in total. The van der Waals surface area contributed by atoms with Crippen LogP contribution in [0.25, 0.3) is 0 Å². The van der Waals surface area contributed by atoms with Gasteiger partial charge >= 0.3 is 5.97 Å². The lowest BCUT2D eigenvalue weighted by Crippen LogP contribution is -2.57. The van der Waals surface area contributed by atoms with Gasteiger partial charge in [-0.15, -0.1) is 4.91 Å². The van der Waals surface area contributed by atoms with E-state index in [0.29, 0.717) is 6.54 Å². The number of nitrogens with zero attached hydrogens (tertiary/aromatic N) is 2. The van der Waals surface area contributed by atoms with Crippen LogP contribution in [-0.2, 0) is 9.53 Å². The molecule has 0 amide bonds. The number of hydrogen-bond acceptors (Lipinski definition) is 4. The molecule has 1 atom stereocenters. The third-order valence-corrected chi connectivity index (χ3v) is 3.08. The van der Waals surface area contributed by atoms with Crippen molar-refractivity contribution < 1.29 is 14.6 Å². The number of hydrogen-bond donors (Lipinski definition) is 1. The van der Waals surface area contributed by atoms with Crippen LogP contribution in [0.3, 0.4) is 0 Å². The number of aliphatic carboxylic acids is 1. The summed E-state index contributed by atoms with van der Waals surface area (Å²) in [5, 5.41) is 13.0. The van der Waals surface area contributed by atoms with Gasteiger partial charge in [-0.2, -0.15) is 0 Å². The number of carboxylic acids is 1. The summed E-state index contributed by atoms with van der Waals surface area (Å²) in [6.07, 6.45) is 2.40. The highest BCUT2D eigenvalue weighted by Crippen LogP contribution is 2.40. The van der Waals surface area contributed by atoms with Crippen molar-refractivity contribution in [3.63, 3.8) is 0 Å². The SMILES string of the molecule is O=NN1CC(CC(=O)O)OC2(CCC2)C1. The van der Waals surface area contributed by atoms with Crippen LogP contribution in [0.1, 0.15) is 25.7 Å². The van der Waals surface area contributed by atoms with E-state index in [4.69, 9.17) is 9.84 Å². The van der Waals surface area contributed by atoms with Crippen molar-refractivity contribution in [1.82, 2.24) is 5.01 Å². The van der Waals surface area contributed by atoms with Gasteiger partial charge in [0.2, 0.25) is 0 Å². The molecule has 6 heteroatoms. The Morgan fingerprint density at radius 1 is 1.60 bits per heavy atom. The van der Waals surface area contributed by atoms with Gasteiger partial charge in [0.1, 0.15) is 0 Å². The molecule has 2 fully saturated rings. The molecule has 0 aromatic heterocycles. The molecule has 6 nitrogen and oxygen atoms in total. The molecule has 1 saturated carbocycles. The Labute approximate surface area is 87.1 Å². The summed E-state index contributed by atoms with van der Waals surface area (Å²) in [4.78, 5) is 21.1. The zero-order valence-corrected chi connectivity index (χ0v) is 8.39. The first kappa shape index (κ1) is 10.4. The molecule has 1 aliphatic carbocycles. The highest BCUT2D eigenvalue weighted by Gasteiger charge is 2.45. The van der Waals surface area contributed by atoms with E-state index in [1.165, 1.54) is 5.01 Å². The second-order valence-corrected chi connectivity index (χ2v) is 4.30. The van der Waals surface area contributed by atoms with Crippen molar-refractivity contribution >= 4 is 5.97 Å². The zero-order chi connectivity index (χ0) is 10.9. The van der Waals surface area contributed by atoms with Crippen LogP contribution < -0.4 is 0 Å². The number of ether oxygens (including phenoxy) is 1. The molecule has 0 aromatic rings. The Kier molecular flexibility index (Phi) is 2.60. The summed E-state index contributed by atoms with van der Waals surface area (Å²) in [5.41, 5.74) is -0.299. The average molecular weight is 214 g/mol. The van der Waals surface area contributed by atoms with Gasteiger partial charge in [-0.3, -0.25) is 9.80 Å². The Morgan fingerprint density at radius 2 is 2.33 bits per heavy atom. The summed E-state index contributed by atoms with van der Waals surface area (Å²) in [5.74, 6) is -0.901. The van der Waals surface area contributed by atoms with Crippen molar-refractivity contribution in [3.05, 3.63) is 4.91 Å². The van der Waals surface area contributed by atoms with Crippen molar-refractivity contribution in [2.24, 2.45) is 5.29 Å². The van der Waals surface area contributed by atoms with Gasteiger partial charge in [0.05, 0.1) is 36.5 Å². The van der Waals surface area contributed by atoms with Gasteiger partial charge in [-0.05, 0) is 19.3 Å². The second-order valence-electron chi connectivity index (χ2n) is 4.30. The minimum atomic E-state index is -0.901. The van der Waals surface area contributed by atoms with Crippen molar-refractivity contribution in [1.29, 1.82) is 0 Å². The maximum absolute atomic E-state index is 10.6. The van der Waals surface area contributed by atoms with Crippen molar-refractivity contribution in [3.8, 4) is 0 Å². The fourth-order valence-corrected chi connectivity index (χ4v) is 2.27. The topological polar surface area (TPSA) is 79.2 Å². The lowest BCUT2D eigenvalue weighted by atomic mass is 9.78. The summed E-state index contributed by atoms with van der Waals surface area (Å²) in [7, 11) is 0. The first-order valence-electron chi connectivity index (χ1n) is 5.11. The smallest absolute Gasteiger partial charge is 0.306 e. The van der Waals surface area contributed by atoms with E-state index >= 15 is 0 Å². The summed E-state index contributed by atoms with van der Waals surface area (Å²) < 4.78 is 5.73. The van der Waals surface area contributed by atoms with E-state index in [1.807, 2.05) is 0 Å². The molecule has 15 heavy (non-hydrogen) atoms. The minimum Gasteiger partial charge on any atom is -0.481 e. The highest BCUT2D eigenvalue weighted by molar-refractivity contribution is 5.67. The van der Waals surface area contributed by atoms with Crippen LogP contribution in [0.4, 0.5) is 0 Å². The van der Waals surface area contributed by atoms with Crippen molar-refractivity contribution in [2.45, 2.75) is 37.4 Å². The second kappa shape index (κ2) is 3.77. The van der Waals surface area contributed by atoms with Crippen LogP contribution in [0.15, 0.2) is 5.29 Å². The van der Waals surface area contributed by atoms with Gasteiger partial charge < -0.3 is 9.84 Å². The van der Waals surface area contributed by atoms with E-state index in [-0.39, 0.29) is 18.6 Å². The van der Waals surface area contributed by atoms with E-state index in [1.54, 1.807) is 0 Å². The Hall–Kier alpha value is -1.17. The van der Waals surface area contributed by atoms with Gasteiger partial charge in [-0.1, -0.05) is 0 Å². The molecule has 1 unspecified atom stereocenters. The molecule has 2 aliphatic rings. The zero-order valence-electron chi connectivity index (χ0n) is 8.39. The fourth-order valence-electron chi connectivity index (χ4n) is 2.27. The molecular weight excluding hydrogens is 200 g/mol. The van der Waals surface area contributed by atoms with E-state index < -0.39 is 12.1 Å². The van der Waals surface area contributed by atoms with Gasteiger partial charge in [0, 0.05) is 0 Å². The monoisotopic (exact) mass is 214 g/mol. The molecule has 1 spiro atoms. The first-order chi connectivity index (χ1) is 7.13. The Morgan fingerprint density at radius 3 is 2.80 bits per heavy atom. The quantitative estimate of drug-likeness (QED) is 0.702. The molecule has 1 aliphatic heterocycles.